The number of fused-ring (bicyclic) bond motifs is 1. The van der Waals surface area contributed by atoms with Crippen molar-refractivity contribution in [2.75, 3.05) is 13.1 Å². The fourth-order valence-corrected chi connectivity index (χ4v) is 4.31. The van der Waals surface area contributed by atoms with Crippen molar-refractivity contribution in [3.05, 3.63) is 47.5 Å². The molecule has 0 spiro atoms. The molecule has 1 unspecified atom stereocenters. The van der Waals surface area contributed by atoms with Gasteiger partial charge < -0.3 is 9.47 Å². The van der Waals surface area contributed by atoms with E-state index in [1.807, 2.05) is 28.6 Å². The lowest BCUT2D eigenvalue weighted by Crippen LogP contribution is -2.39. The molecule has 1 fully saturated rings. The molecule has 1 aromatic carbocycles. The minimum atomic E-state index is 0.243. The van der Waals surface area contributed by atoms with E-state index in [1.54, 1.807) is 0 Å². The smallest absolute Gasteiger partial charge is 0.222 e. The maximum atomic E-state index is 12.9. The minimum absolute atomic E-state index is 0.243. The molecule has 1 atom stereocenters. The van der Waals surface area contributed by atoms with E-state index in [2.05, 4.69) is 42.0 Å². The van der Waals surface area contributed by atoms with Gasteiger partial charge in [-0.25, -0.2) is 4.98 Å². The Morgan fingerprint density at radius 1 is 1.29 bits per heavy atom. The number of rotatable bonds is 5. The minimum Gasteiger partial charge on any atom is -0.342 e. The lowest BCUT2D eigenvalue weighted by Gasteiger charge is -2.32. The van der Waals surface area contributed by atoms with Crippen LogP contribution in [0.15, 0.2) is 30.5 Å². The Morgan fingerprint density at radius 3 is 2.86 bits per heavy atom. The molecule has 0 aliphatic carbocycles. The standard InChI is InChI=1S/C22H29N5O/c1-4-27-15-17(16(2)24-27)11-12-21(28)26-13-7-8-18(14-26)22-23-19-9-5-6-10-20(19)25(22)3/h5-6,9-10,15,18H,4,7-8,11-14H2,1-3H3. The number of aromatic nitrogens is 4. The molecule has 1 aliphatic rings. The highest BCUT2D eigenvalue weighted by Crippen LogP contribution is 2.29. The van der Waals surface area contributed by atoms with E-state index in [0.717, 1.165) is 61.4 Å². The average Bonchev–Trinajstić information content (AvgIpc) is 3.26. The third-order valence-corrected chi connectivity index (χ3v) is 5.94. The van der Waals surface area contributed by atoms with Gasteiger partial charge in [-0.2, -0.15) is 5.10 Å². The zero-order chi connectivity index (χ0) is 19.7. The first-order valence-corrected chi connectivity index (χ1v) is 10.3. The van der Waals surface area contributed by atoms with Gasteiger partial charge in [0.2, 0.25) is 5.91 Å². The lowest BCUT2D eigenvalue weighted by molar-refractivity contribution is -0.132. The number of piperidine rings is 1. The van der Waals surface area contributed by atoms with Crippen molar-refractivity contribution in [3.63, 3.8) is 0 Å². The average molecular weight is 380 g/mol. The number of aryl methyl sites for hydroxylation is 4. The number of imidazole rings is 1. The van der Waals surface area contributed by atoms with Crippen LogP contribution in [0.1, 0.15) is 49.2 Å². The molecular weight excluding hydrogens is 350 g/mol. The molecule has 1 aliphatic heterocycles. The molecular formula is C22H29N5O. The van der Waals surface area contributed by atoms with Crippen molar-refractivity contribution in [2.24, 2.45) is 7.05 Å². The Hall–Kier alpha value is -2.63. The lowest BCUT2D eigenvalue weighted by atomic mass is 9.96. The number of nitrogens with zero attached hydrogens (tertiary/aromatic N) is 5. The number of hydrogen-bond donors (Lipinski definition) is 0. The third-order valence-electron chi connectivity index (χ3n) is 5.94. The fourth-order valence-electron chi connectivity index (χ4n) is 4.31. The molecule has 148 valence electrons. The molecule has 6 nitrogen and oxygen atoms in total. The van der Waals surface area contributed by atoms with Gasteiger partial charge in [0, 0.05) is 45.2 Å². The molecule has 28 heavy (non-hydrogen) atoms. The monoisotopic (exact) mass is 379 g/mol. The summed E-state index contributed by atoms with van der Waals surface area (Å²) in [4.78, 5) is 19.8. The van der Waals surface area contributed by atoms with Gasteiger partial charge in [-0.05, 0) is 50.8 Å². The van der Waals surface area contributed by atoms with E-state index < -0.39 is 0 Å². The highest BCUT2D eigenvalue weighted by Gasteiger charge is 2.27. The van der Waals surface area contributed by atoms with Gasteiger partial charge in [-0.3, -0.25) is 9.48 Å². The van der Waals surface area contributed by atoms with Crippen molar-refractivity contribution in [2.45, 2.75) is 52.0 Å². The summed E-state index contributed by atoms with van der Waals surface area (Å²) in [5.41, 5.74) is 4.40. The van der Waals surface area contributed by atoms with E-state index >= 15 is 0 Å². The van der Waals surface area contributed by atoms with Crippen molar-refractivity contribution in [1.29, 1.82) is 0 Å². The largest absolute Gasteiger partial charge is 0.342 e. The Balaban J connectivity index is 1.43. The quantitative estimate of drug-likeness (QED) is 0.682. The molecule has 2 aromatic heterocycles. The molecule has 0 bridgehead atoms. The van der Waals surface area contributed by atoms with Gasteiger partial charge >= 0.3 is 0 Å². The van der Waals surface area contributed by atoms with Crippen molar-refractivity contribution < 1.29 is 4.79 Å². The van der Waals surface area contributed by atoms with Crippen LogP contribution in [0.3, 0.4) is 0 Å². The predicted molar refractivity (Wildman–Crippen MR) is 110 cm³/mol. The number of carbonyl (C=O) groups excluding carboxylic acids is 1. The number of para-hydroxylation sites is 2. The first kappa shape index (κ1) is 18.7. The maximum absolute atomic E-state index is 12.9. The van der Waals surface area contributed by atoms with Crippen LogP contribution < -0.4 is 0 Å². The maximum Gasteiger partial charge on any atom is 0.222 e. The van der Waals surface area contributed by atoms with Gasteiger partial charge in [-0.15, -0.1) is 0 Å². The number of amides is 1. The summed E-state index contributed by atoms with van der Waals surface area (Å²) in [6.07, 6.45) is 5.50. The fraction of sp³-hybridized carbons (Fsp3) is 0.500. The molecule has 0 N–H and O–H groups in total. The van der Waals surface area contributed by atoms with Crippen LogP contribution in [0.25, 0.3) is 11.0 Å². The Kier molecular flexibility index (Phi) is 5.20. The number of carbonyl (C=O) groups is 1. The summed E-state index contributed by atoms with van der Waals surface area (Å²) in [6, 6.07) is 8.24. The molecule has 0 radical (unpaired) electrons. The summed E-state index contributed by atoms with van der Waals surface area (Å²) in [7, 11) is 2.08. The van der Waals surface area contributed by atoms with Crippen molar-refractivity contribution in [1.82, 2.24) is 24.2 Å². The van der Waals surface area contributed by atoms with Crippen LogP contribution in [-0.4, -0.2) is 43.2 Å². The van der Waals surface area contributed by atoms with E-state index in [9.17, 15) is 4.79 Å². The number of benzene rings is 1. The second-order valence-corrected chi connectivity index (χ2v) is 7.79. The molecule has 3 heterocycles. The third kappa shape index (κ3) is 3.55. The first-order chi connectivity index (χ1) is 13.6. The zero-order valence-corrected chi connectivity index (χ0v) is 17.1. The van der Waals surface area contributed by atoms with Gasteiger partial charge in [0.25, 0.3) is 0 Å². The highest BCUT2D eigenvalue weighted by atomic mass is 16.2. The Bertz CT molecular complexity index is 986. The molecule has 6 heteroatoms. The number of likely N-dealkylation sites (tertiary alicyclic amines) is 1. The summed E-state index contributed by atoms with van der Waals surface area (Å²) in [5.74, 6) is 1.64. The van der Waals surface area contributed by atoms with Gasteiger partial charge in [-0.1, -0.05) is 12.1 Å². The molecule has 4 rings (SSSR count). The van der Waals surface area contributed by atoms with Crippen LogP contribution in [0.5, 0.6) is 0 Å². The van der Waals surface area contributed by atoms with Gasteiger partial charge in [0.05, 0.1) is 16.7 Å². The Labute approximate surface area is 166 Å². The normalized spacial score (nSPS) is 17.4. The van der Waals surface area contributed by atoms with Crippen LogP contribution in [0.4, 0.5) is 0 Å². The highest BCUT2D eigenvalue weighted by molar-refractivity contribution is 5.77. The van der Waals surface area contributed by atoms with Crippen molar-refractivity contribution in [3.8, 4) is 0 Å². The molecule has 0 saturated carbocycles. The van der Waals surface area contributed by atoms with Crippen molar-refractivity contribution >= 4 is 16.9 Å². The SMILES string of the molecule is CCn1cc(CCC(=O)N2CCCC(c3nc4ccccc4n3C)C2)c(C)n1. The van der Waals surface area contributed by atoms with Crippen LogP contribution in [0, 0.1) is 6.92 Å². The van der Waals surface area contributed by atoms with Crippen LogP contribution in [-0.2, 0) is 24.8 Å². The zero-order valence-electron chi connectivity index (χ0n) is 17.1. The predicted octanol–water partition coefficient (Wildman–Crippen LogP) is 3.44. The van der Waals surface area contributed by atoms with Crippen LogP contribution in [0.2, 0.25) is 0 Å². The molecule has 1 saturated heterocycles. The summed E-state index contributed by atoms with van der Waals surface area (Å²) in [5, 5.41) is 4.48. The van der Waals surface area contributed by atoms with Gasteiger partial charge in [0.1, 0.15) is 5.82 Å². The van der Waals surface area contributed by atoms with E-state index in [-0.39, 0.29) is 5.91 Å². The van der Waals surface area contributed by atoms with E-state index in [1.165, 1.54) is 5.56 Å². The van der Waals surface area contributed by atoms with E-state index in [0.29, 0.717) is 12.3 Å². The summed E-state index contributed by atoms with van der Waals surface area (Å²) in [6.45, 7) is 6.58. The molecule has 1 amide bonds. The topological polar surface area (TPSA) is 56.0 Å². The van der Waals surface area contributed by atoms with E-state index in [4.69, 9.17) is 4.98 Å². The summed E-state index contributed by atoms with van der Waals surface area (Å²) >= 11 is 0. The van der Waals surface area contributed by atoms with Gasteiger partial charge in [0.15, 0.2) is 0 Å². The molecule has 3 aromatic rings. The second kappa shape index (κ2) is 7.78. The van der Waals surface area contributed by atoms with Crippen LogP contribution >= 0.6 is 0 Å². The second-order valence-electron chi connectivity index (χ2n) is 7.79. The summed E-state index contributed by atoms with van der Waals surface area (Å²) < 4.78 is 4.13. The number of hydrogen-bond acceptors (Lipinski definition) is 3. The Morgan fingerprint density at radius 2 is 2.11 bits per heavy atom. The first-order valence-electron chi connectivity index (χ1n) is 10.3.